The van der Waals surface area contributed by atoms with Crippen molar-refractivity contribution in [2.24, 2.45) is 11.8 Å². The third-order valence-electron chi connectivity index (χ3n) is 7.09. The van der Waals surface area contributed by atoms with E-state index in [1.807, 2.05) is 0 Å². The molecule has 0 atom stereocenters. The lowest BCUT2D eigenvalue weighted by Crippen LogP contribution is -2.22. The summed E-state index contributed by atoms with van der Waals surface area (Å²) in [6, 6.07) is 13.3. The van der Waals surface area contributed by atoms with Crippen molar-refractivity contribution in [2.45, 2.75) is 58.0 Å². The standard InChI is InChI=1S/C29H29F5O/c1-2-19-7-9-20(10-8-19)11-12-21-13-15-23(16-14-21)29(33,34)35-27-6-4-3-5-24(27)22-17-25(30)28(32)26(31)18-22/h3-6,13-20H,2,7-12H2,1H3/t19-,20-. The Morgan fingerprint density at radius 1 is 0.829 bits per heavy atom. The van der Waals surface area contributed by atoms with Gasteiger partial charge in [0.2, 0.25) is 0 Å². The van der Waals surface area contributed by atoms with Crippen LogP contribution in [0, 0.1) is 29.3 Å². The lowest BCUT2D eigenvalue weighted by molar-refractivity contribution is -0.185. The Labute approximate surface area is 202 Å². The van der Waals surface area contributed by atoms with Crippen LogP contribution in [0.2, 0.25) is 0 Å². The molecule has 0 heterocycles. The second-order valence-corrected chi connectivity index (χ2v) is 9.40. The molecule has 1 saturated carbocycles. The van der Waals surface area contributed by atoms with E-state index in [2.05, 4.69) is 6.92 Å². The van der Waals surface area contributed by atoms with Crippen LogP contribution in [0.4, 0.5) is 22.0 Å². The van der Waals surface area contributed by atoms with Gasteiger partial charge in [0.15, 0.2) is 17.5 Å². The largest absolute Gasteiger partial charge is 0.428 e. The van der Waals surface area contributed by atoms with Crippen LogP contribution in [-0.4, -0.2) is 0 Å². The monoisotopic (exact) mass is 488 g/mol. The van der Waals surface area contributed by atoms with Crippen molar-refractivity contribution in [1.29, 1.82) is 0 Å². The van der Waals surface area contributed by atoms with Crippen molar-refractivity contribution in [1.82, 2.24) is 0 Å². The number of ether oxygens (including phenoxy) is 1. The molecule has 1 nitrogen and oxygen atoms in total. The van der Waals surface area contributed by atoms with Gasteiger partial charge in [0, 0.05) is 5.56 Å². The topological polar surface area (TPSA) is 9.23 Å². The van der Waals surface area contributed by atoms with Crippen LogP contribution in [0.5, 0.6) is 5.75 Å². The molecule has 4 rings (SSSR count). The first-order chi connectivity index (χ1) is 16.8. The zero-order valence-electron chi connectivity index (χ0n) is 19.7. The maximum absolute atomic E-state index is 15.0. The predicted molar refractivity (Wildman–Crippen MR) is 127 cm³/mol. The Balaban J connectivity index is 1.44. The third kappa shape index (κ3) is 6.03. The molecule has 0 aromatic heterocycles. The van der Waals surface area contributed by atoms with Crippen molar-refractivity contribution < 1.29 is 26.7 Å². The molecule has 0 saturated heterocycles. The van der Waals surface area contributed by atoms with Gasteiger partial charge in [-0.2, -0.15) is 8.78 Å². The Hall–Kier alpha value is -2.89. The van der Waals surface area contributed by atoms with Crippen molar-refractivity contribution in [3.63, 3.8) is 0 Å². The molecule has 0 N–H and O–H groups in total. The van der Waals surface area contributed by atoms with E-state index in [0.29, 0.717) is 5.92 Å². The molecule has 0 spiro atoms. The summed E-state index contributed by atoms with van der Waals surface area (Å²) in [6.07, 6.45) is 4.51. The van der Waals surface area contributed by atoms with Crippen LogP contribution in [0.25, 0.3) is 11.1 Å². The normalized spacial score (nSPS) is 18.5. The maximum atomic E-state index is 15.0. The summed E-state index contributed by atoms with van der Waals surface area (Å²) in [5.41, 5.74) is 0.603. The molecule has 1 aliphatic rings. The summed E-state index contributed by atoms with van der Waals surface area (Å²) in [4.78, 5) is 0. The van der Waals surface area contributed by atoms with E-state index in [9.17, 15) is 13.2 Å². The first kappa shape index (κ1) is 25.2. The molecule has 0 amide bonds. The highest BCUT2D eigenvalue weighted by Gasteiger charge is 2.35. The first-order valence-electron chi connectivity index (χ1n) is 12.2. The lowest BCUT2D eigenvalue weighted by Gasteiger charge is -2.27. The van der Waals surface area contributed by atoms with Crippen molar-refractivity contribution >= 4 is 0 Å². The summed E-state index contributed by atoms with van der Waals surface area (Å²) in [5.74, 6) is -3.16. The van der Waals surface area contributed by atoms with Crippen LogP contribution < -0.4 is 4.74 Å². The average molecular weight is 489 g/mol. The van der Waals surface area contributed by atoms with E-state index in [1.165, 1.54) is 68.5 Å². The SMILES string of the molecule is CC[C@H]1CC[C@H](CCc2ccc(C(F)(F)Oc3ccccc3-c3cc(F)c(F)c(F)c3)cc2)CC1. The fraction of sp³-hybridized carbons (Fsp3) is 0.379. The Morgan fingerprint density at radius 2 is 1.43 bits per heavy atom. The zero-order valence-corrected chi connectivity index (χ0v) is 19.7. The lowest BCUT2D eigenvalue weighted by atomic mass is 9.78. The van der Waals surface area contributed by atoms with E-state index >= 15 is 8.78 Å². The minimum Gasteiger partial charge on any atom is -0.428 e. The quantitative estimate of drug-likeness (QED) is 0.227. The summed E-state index contributed by atoms with van der Waals surface area (Å²) < 4.78 is 75.8. The molecule has 1 aliphatic carbocycles. The highest BCUT2D eigenvalue weighted by molar-refractivity contribution is 5.70. The van der Waals surface area contributed by atoms with Crippen LogP contribution >= 0.6 is 0 Å². The van der Waals surface area contributed by atoms with Gasteiger partial charge in [0.1, 0.15) is 5.75 Å². The molecule has 3 aromatic carbocycles. The Kier molecular flexibility index (Phi) is 7.78. The minimum atomic E-state index is -3.68. The fourth-order valence-electron chi connectivity index (χ4n) is 4.87. The van der Waals surface area contributed by atoms with Gasteiger partial charge < -0.3 is 4.74 Å². The van der Waals surface area contributed by atoms with Gasteiger partial charge in [0.05, 0.1) is 5.56 Å². The smallest absolute Gasteiger partial charge is 0.426 e. The van der Waals surface area contributed by atoms with Gasteiger partial charge in [-0.25, -0.2) is 13.2 Å². The molecule has 1 fully saturated rings. The number of halogens is 5. The number of hydrogen-bond donors (Lipinski definition) is 0. The van der Waals surface area contributed by atoms with Crippen molar-refractivity contribution in [3.8, 4) is 16.9 Å². The van der Waals surface area contributed by atoms with Crippen LogP contribution in [0.15, 0.2) is 60.7 Å². The zero-order chi connectivity index (χ0) is 25.0. The van der Waals surface area contributed by atoms with E-state index in [1.54, 1.807) is 12.1 Å². The van der Waals surface area contributed by atoms with Crippen molar-refractivity contribution in [2.75, 3.05) is 0 Å². The number of para-hydroxylation sites is 1. The van der Waals surface area contributed by atoms with Crippen LogP contribution in [0.1, 0.15) is 56.6 Å². The molecular weight excluding hydrogens is 459 g/mol. The van der Waals surface area contributed by atoms with E-state index < -0.39 is 23.6 Å². The van der Waals surface area contributed by atoms with Crippen LogP contribution in [0.3, 0.4) is 0 Å². The molecule has 0 bridgehead atoms. The molecule has 3 aromatic rings. The molecule has 186 valence electrons. The number of aryl methyl sites for hydroxylation is 1. The highest BCUT2D eigenvalue weighted by atomic mass is 19.3. The molecule has 6 heteroatoms. The number of benzene rings is 3. The highest BCUT2D eigenvalue weighted by Crippen LogP contribution is 2.38. The van der Waals surface area contributed by atoms with Gasteiger partial charge >= 0.3 is 6.11 Å². The maximum Gasteiger partial charge on any atom is 0.426 e. The summed E-state index contributed by atoms with van der Waals surface area (Å²) in [7, 11) is 0. The second-order valence-electron chi connectivity index (χ2n) is 9.40. The van der Waals surface area contributed by atoms with E-state index in [4.69, 9.17) is 4.74 Å². The Morgan fingerprint density at radius 3 is 2.06 bits per heavy atom. The average Bonchev–Trinajstić information content (AvgIpc) is 2.86. The van der Waals surface area contributed by atoms with E-state index in [0.717, 1.165) is 36.5 Å². The molecule has 0 aliphatic heterocycles. The molecular formula is C29H29F5O. The summed E-state index contributed by atoms with van der Waals surface area (Å²) in [5, 5.41) is 0. The first-order valence-corrected chi connectivity index (χ1v) is 12.2. The number of rotatable bonds is 8. The Bertz CT molecular complexity index is 1110. The summed E-state index contributed by atoms with van der Waals surface area (Å²) in [6.45, 7) is 2.24. The van der Waals surface area contributed by atoms with Gasteiger partial charge in [-0.1, -0.05) is 69.4 Å². The predicted octanol–water partition coefficient (Wildman–Crippen LogP) is 9.05. The third-order valence-corrected chi connectivity index (χ3v) is 7.09. The molecule has 0 unspecified atom stereocenters. The van der Waals surface area contributed by atoms with Gasteiger partial charge in [0.25, 0.3) is 0 Å². The molecule has 35 heavy (non-hydrogen) atoms. The van der Waals surface area contributed by atoms with Gasteiger partial charge in [-0.05, 0) is 66.1 Å². The van der Waals surface area contributed by atoms with Gasteiger partial charge in [-0.3, -0.25) is 0 Å². The second kappa shape index (κ2) is 10.8. The minimum absolute atomic E-state index is 0.0272. The van der Waals surface area contributed by atoms with Crippen LogP contribution in [-0.2, 0) is 12.5 Å². The van der Waals surface area contributed by atoms with Gasteiger partial charge in [-0.15, -0.1) is 0 Å². The molecule has 0 radical (unpaired) electrons. The van der Waals surface area contributed by atoms with Crippen molar-refractivity contribution in [3.05, 3.63) is 89.2 Å². The van der Waals surface area contributed by atoms with E-state index in [-0.39, 0.29) is 22.4 Å². The number of alkyl halides is 2. The summed E-state index contributed by atoms with van der Waals surface area (Å²) >= 11 is 0. The number of hydrogen-bond acceptors (Lipinski definition) is 1. The fourth-order valence-corrected chi connectivity index (χ4v) is 4.87.